The predicted molar refractivity (Wildman–Crippen MR) is 89.8 cm³/mol. The van der Waals surface area contributed by atoms with Crippen LogP contribution in [0.25, 0.3) is 0 Å². The monoisotopic (exact) mass is 355 g/mol. The molecule has 1 saturated carbocycles. The van der Waals surface area contributed by atoms with Crippen molar-refractivity contribution >= 4 is 23.5 Å². The van der Waals surface area contributed by atoms with Gasteiger partial charge >= 0.3 is 5.97 Å². The second-order valence-corrected chi connectivity index (χ2v) is 6.52. The number of hydrogen-bond acceptors (Lipinski definition) is 5. The average Bonchev–Trinajstić information content (AvgIpc) is 3.34. The van der Waals surface area contributed by atoms with E-state index in [0.29, 0.717) is 24.0 Å². The first-order chi connectivity index (χ1) is 11.4. The van der Waals surface area contributed by atoms with E-state index in [4.69, 9.17) is 25.8 Å². The molecule has 0 atom stereocenters. The smallest absolute Gasteiger partial charge is 0.338 e. The van der Waals surface area contributed by atoms with Gasteiger partial charge in [0.1, 0.15) is 0 Å². The van der Waals surface area contributed by atoms with Gasteiger partial charge in [0, 0.05) is 6.04 Å². The summed E-state index contributed by atoms with van der Waals surface area (Å²) in [6.07, 6.45) is 1.95. The molecule has 0 radical (unpaired) electrons. The van der Waals surface area contributed by atoms with Gasteiger partial charge < -0.3 is 19.5 Å². The summed E-state index contributed by atoms with van der Waals surface area (Å²) in [6.45, 7) is 4.18. The molecular weight excluding hydrogens is 334 g/mol. The van der Waals surface area contributed by atoms with Crippen LogP contribution >= 0.6 is 11.6 Å². The zero-order chi connectivity index (χ0) is 17.7. The molecule has 0 unspecified atom stereocenters. The summed E-state index contributed by atoms with van der Waals surface area (Å²) in [5.74, 6) is 0.103. The fourth-order valence-corrected chi connectivity index (χ4v) is 2.20. The Hall–Kier alpha value is -1.95. The van der Waals surface area contributed by atoms with Crippen molar-refractivity contribution in [1.82, 2.24) is 5.32 Å². The third kappa shape index (κ3) is 5.30. The molecule has 1 aliphatic carbocycles. The Kier molecular flexibility index (Phi) is 6.31. The summed E-state index contributed by atoms with van der Waals surface area (Å²) in [7, 11) is 1.46. The van der Waals surface area contributed by atoms with E-state index in [-0.39, 0.29) is 29.1 Å². The zero-order valence-corrected chi connectivity index (χ0v) is 14.8. The minimum absolute atomic E-state index is 0.202. The van der Waals surface area contributed by atoms with Crippen LogP contribution in [0.2, 0.25) is 5.02 Å². The third-order valence-electron chi connectivity index (χ3n) is 3.30. The molecule has 6 nitrogen and oxygen atoms in total. The maximum atomic E-state index is 12.1. The average molecular weight is 356 g/mol. The number of nitrogens with one attached hydrogen (secondary N) is 1. The topological polar surface area (TPSA) is 73.9 Å². The minimum Gasteiger partial charge on any atom is -0.493 e. The van der Waals surface area contributed by atoms with Gasteiger partial charge in [-0.05, 0) is 30.9 Å². The van der Waals surface area contributed by atoms with Gasteiger partial charge in [-0.1, -0.05) is 25.4 Å². The number of benzene rings is 1. The normalized spacial score (nSPS) is 13.5. The Morgan fingerprint density at radius 3 is 2.62 bits per heavy atom. The number of methoxy groups -OCH3 is 1. The third-order valence-corrected chi connectivity index (χ3v) is 3.58. The lowest BCUT2D eigenvalue weighted by Crippen LogP contribution is -2.30. The lowest BCUT2D eigenvalue weighted by molar-refractivity contribution is -0.124. The van der Waals surface area contributed by atoms with Crippen molar-refractivity contribution in [2.45, 2.75) is 32.7 Å². The Morgan fingerprint density at radius 1 is 1.33 bits per heavy atom. The molecule has 1 aromatic rings. The summed E-state index contributed by atoms with van der Waals surface area (Å²) in [5.41, 5.74) is 0.202. The van der Waals surface area contributed by atoms with Gasteiger partial charge in [0.15, 0.2) is 18.1 Å². The summed E-state index contributed by atoms with van der Waals surface area (Å²) in [4.78, 5) is 23.7. The number of carbonyl (C=O) groups is 2. The highest BCUT2D eigenvalue weighted by Gasteiger charge is 2.24. The molecular formula is C17H22ClNO5. The van der Waals surface area contributed by atoms with Gasteiger partial charge in [-0.25, -0.2) is 4.79 Å². The first-order valence-corrected chi connectivity index (χ1v) is 8.25. The molecule has 0 heterocycles. The Balaban J connectivity index is 2.01. The molecule has 0 saturated heterocycles. The van der Waals surface area contributed by atoms with Crippen LogP contribution in [0.4, 0.5) is 0 Å². The number of hydrogen-bond donors (Lipinski definition) is 1. The second-order valence-electron chi connectivity index (χ2n) is 6.11. The highest BCUT2D eigenvalue weighted by molar-refractivity contribution is 6.32. The van der Waals surface area contributed by atoms with E-state index in [1.54, 1.807) is 0 Å². The molecule has 0 aromatic heterocycles. The van der Waals surface area contributed by atoms with Crippen LogP contribution in [-0.2, 0) is 9.53 Å². The highest BCUT2D eigenvalue weighted by atomic mass is 35.5. The standard InChI is InChI=1S/C17H22ClNO5/c1-10(2)8-23-16-13(18)6-11(7-14(16)22-3)17(21)24-9-15(20)19-12-4-5-12/h6-7,10,12H,4-5,8-9H2,1-3H3,(H,19,20). The molecule has 0 bridgehead atoms. The Bertz CT molecular complexity index is 613. The largest absolute Gasteiger partial charge is 0.493 e. The van der Waals surface area contributed by atoms with Crippen LogP contribution in [0.1, 0.15) is 37.0 Å². The van der Waals surface area contributed by atoms with Crippen molar-refractivity contribution in [1.29, 1.82) is 0 Å². The summed E-state index contributed by atoms with van der Waals surface area (Å²) >= 11 is 6.19. The summed E-state index contributed by atoms with van der Waals surface area (Å²) < 4.78 is 15.9. The number of esters is 1. The quantitative estimate of drug-likeness (QED) is 0.726. The molecule has 132 valence electrons. The minimum atomic E-state index is -0.642. The first-order valence-electron chi connectivity index (χ1n) is 7.87. The van der Waals surface area contributed by atoms with Crippen molar-refractivity contribution in [3.63, 3.8) is 0 Å². The number of carbonyl (C=O) groups excluding carboxylic acids is 2. The van der Waals surface area contributed by atoms with E-state index in [9.17, 15) is 9.59 Å². The number of ether oxygens (including phenoxy) is 3. The molecule has 0 spiro atoms. The summed E-state index contributed by atoms with van der Waals surface area (Å²) in [5, 5.41) is 3.00. The van der Waals surface area contributed by atoms with E-state index in [0.717, 1.165) is 12.8 Å². The fourth-order valence-electron chi connectivity index (χ4n) is 1.94. The van der Waals surface area contributed by atoms with Crippen LogP contribution in [0, 0.1) is 5.92 Å². The molecule has 24 heavy (non-hydrogen) atoms. The SMILES string of the molecule is COc1cc(C(=O)OCC(=O)NC2CC2)cc(Cl)c1OCC(C)C. The number of rotatable bonds is 8. The van der Waals surface area contributed by atoms with Crippen LogP contribution in [0.5, 0.6) is 11.5 Å². The van der Waals surface area contributed by atoms with Crippen molar-refractivity contribution in [3.8, 4) is 11.5 Å². The van der Waals surface area contributed by atoms with E-state index in [2.05, 4.69) is 5.32 Å². The van der Waals surface area contributed by atoms with Crippen LogP contribution in [0.3, 0.4) is 0 Å². The highest BCUT2D eigenvalue weighted by Crippen LogP contribution is 2.36. The van der Waals surface area contributed by atoms with Crippen LogP contribution < -0.4 is 14.8 Å². The second kappa shape index (κ2) is 8.24. The van der Waals surface area contributed by atoms with E-state index in [1.807, 2.05) is 13.8 Å². The number of amides is 1. The van der Waals surface area contributed by atoms with Crippen molar-refractivity contribution < 1.29 is 23.8 Å². The fraction of sp³-hybridized carbons (Fsp3) is 0.529. The van der Waals surface area contributed by atoms with Crippen LogP contribution in [-0.4, -0.2) is 38.2 Å². The van der Waals surface area contributed by atoms with Crippen LogP contribution in [0.15, 0.2) is 12.1 Å². The lowest BCUT2D eigenvalue weighted by Gasteiger charge is -2.15. The predicted octanol–water partition coefficient (Wildman–Crippen LogP) is 2.82. The Morgan fingerprint density at radius 2 is 2.04 bits per heavy atom. The van der Waals surface area contributed by atoms with Gasteiger partial charge in [-0.3, -0.25) is 4.79 Å². The molecule has 1 N–H and O–H groups in total. The maximum absolute atomic E-state index is 12.1. The zero-order valence-electron chi connectivity index (χ0n) is 14.1. The summed E-state index contributed by atoms with van der Waals surface area (Å²) in [6, 6.07) is 3.16. The molecule has 2 rings (SSSR count). The van der Waals surface area contributed by atoms with Gasteiger partial charge in [-0.2, -0.15) is 0 Å². The number of halogens is 1. The molecule has 1 fully saturated rings. The molecule has 0 aliphatic heterocycles. The maximum Gasteiger partial charge on any atom is 0.338 e. The van der Waals surface area contributed by atoms with E-state index >= 15 is 0 Å². The Labute approximate surface area is 146 Å². The molecule has 7 heteroatoms. The molecule has 1 aliphatic rings. The van der Waals surface area contributed by atoms with E-state index in [1.165, 1.54) is 19.2 Å². The van der Waals surface area contributed by atoms with E-state index < -0.39 is 5.97 Å². The van der Waals surface area contributed by atoms with Crippen molar-refractivity contribution in [3.05, 3.63) is 22.7 Å². The molecule has 1 aromatic carbocycles. The van der Waals surface area contributed by atoms with Gasteiger partial charge in [-0.15, -0.1) is 0 Å². The van der Waals surface area contributed by atoms with Gasteiger partial charge in [0.25, 0.3) is 5.91 Å². The van der Waals surface area contributed by atoms with Crippen molar-refractivity contribution in [2.24, 2.45) is 5.92 Å². The van der Waals surface area contributed by atoms with Gasteiger partial charge in [0.05, 0.1) is 24.3 Å². The van der Waals surface area contributed by atoms with Gasteiger partial charge in [0.2, 0.25) is 0 Å². The van der Waals surface area contributed by atoms with Crippen molar-refractivity contribution in [2.75, 3.05) is 20.3 Å². The lowest BCUT2D eigenvalue weighted by atomic mass is 10.2. The molecule has 1 amide bonds. The first kappa shape index (κ1) is 18.4.